The van der Waals surface area contributed by atoms with E-state index in [0.717, 1.165) is 45.0 Å². The maximum Gasteiger partial charge on any atom is 0.243 e. The van der Waals surface area contributed by atoms with Gasteiger partial charge in [0, 0.05) is 59.7 Å². The Hall–Kier alpha value is -0.990. The molecule has 136 valence electrons. The molecule has 0 spiro atoms. The van der Waals surface area contributed by atoms with Gasteiger partial charge in [-0.1, -0.05) is 0 Å². The molecule has 0 heterocycles. The van der Waals surface area contributed by atoms with Crippen molar-refractivity contribution in [2.24, 2.45) is 4.99 Å². The van der Waals surface area contributed by atoms with Crippen molar-refractivity contribution in [2.45, 2.75) is 6.42 Å². The topological polar surface area (TPSA) is 69.2 Å². The average molecular weight is 348 g/mol. The number of carbonyl (C=O) groups excluding carboxylic acids is 1. The summed E-state index contributed by atoms with van der Waals surface area (Å²) in [6.07, 6.45) is 3.09. The number of rotatable bonds is 12. The van der Waals surface area contributed by atoms with Crippen molar-refractivity contribution < 1.29 is 9.53 Å². The van der Waals surface area contributed by atoms with Crippen molar-refractivity contribution in [1.82, 2.24) is 20.4 Å². The minimum absolute atomic E-state index is 0.00681. The Morgan fingerprint density at radius 1 is 1.17 bits per heavy atom. The molecule has 0 unspecified atom stereocenters. The Labute approximate surface area is 145 Å². The second kappa shape index (κ2) is 14.6. The molecule has 0 saturated heterocycles. The smallest absolute Gasteiger partial charge is 0.243 e. The normalized spacial score (nSPS) is 11.7. The third kappa shape index (κ3) is 13.2. The van der Waals surface area contributed by atoms with Gasteiger partial charge in [0.25, 0.3) is 0 Å². The minimum atomic E-state index is -0.00681. The lowest BCUT2D eigenvalue weighted by Gasteiger charge is -2.18. The number of hydrogen-bond donors (Lipinski definition) is 2. The second-order valence-electron chi connectivity index (χ2n) is 5.45. The molecule has 0 aliphatic carbocycles. The van der Waals surface area contributed by atoms with Crippen molar-refractivity contribution in [2.75, 3.05) is 79.6 Å². The molecular weight excluding hydrogens is 314 g/mol. The van der Waals surface area contributed by atoms with Gasteiger partial charge in [0.05, 0.1) is 0 Å². The molecule has 1 amide bonds. The Bertz CT molecular complexity index is 340. The molecule has 7 nitrogen and oxygen atoms in total. The van der Waals surface area contributed by atoms with E-state index in [1.165, 1.54) is 0 Å². The molecule has 0 saturated carbocycles. The van der Waals surface area contributed by atoms with Crippen LogP contribution in [0.4, 0.5) is 0 Å². The SMILES string of the molecule is COCCCN(C)CCNC(=NCC(=O)N(C)C)NCCSC. The summed E-state index contributed by atoms with van der Waals surface area (Å²) in [5, 5.41) is 6.53. The highest BCUT2D eigenvalue weighted by molar-refractivity contribution is 7.98. The van der Waals surface area contributed by atoms with Gasteiger partial charge in [-0.25, -0.2) is 4.99 Å². The van der Waals surface area contributed by atoms with Crippen LogP contribution >= 0.6 is 11.8 Å². The van der Waals surface area contributed by atoms with Crippen molar-refractivity contribution >= 4 is 23.6 Å². The highest BCUT2D eigenvalue weighted by Gasteiger charge is 2.05. The maximum atomic E-state index is 11.6. The molecule has 8 heteroatoms. The Morgan fingerprint density at radius 3 is 2.48 bits per heavy atom. The minimum Gasteiger partial charge on any atom is -0.385 e. The number of hydrogen-bond acceptors (Lipinski definition) is 5. The number of nitrogens with one attached hydrogen (secondary N) is 2. The molecule has 23 heavy (non-hydrogen) atoms. The van der Waals surface area contributed by atoms with E-state index in [2.05, 4.69) is 33.8 Å². The summed E-state index contributed by atoms with van der Waals surface area (Å²) in [6.45, 7) is 4.46. The number of ether oxygens (including phenoxy) is 1. The Kier molecular flexibility index (Phi) is 14.0. The van der Waals surface area contributed by atoms with Crippen molar-refractivity contribution in [3.05, 3.63) is 0 Å². The zero-order valence-corrected chi connectivity index (χ0v) is 16.0. The predicted octanol–water partition coefficient (Wildman–Crippen LogP) is -0.0589. The van der Waals surface area contributed by atoms with Gasteiger partial charge >= 0.3 is 0 Å². The molecule has 0 bridgehead atoms. The van der Waals surface area contributed by atoms with Crippen LogP contribution in [0, 0.1) is 0 Å². The van der Waals surface area contributed by atoms with Gasteiger partial charge in [-0.2, -0.15) is 11.8 Å². The quantitative estimate of drug-likeness (QED) is 0.293. The monoisotopic (exact) mass is 347 g/mol. The number of nitrogens with zero attached hydrogens (tertiary/aromatic N) is 3. The molecule has 0 aliphatic rings. The number of thioether (sulfide) groups is 1. The fourth-order valence-corrected chi connectivity index (χ4v) is 2.00. The third-order valence-corrected chi connectivity index (χ3v) is 3.76. The van der Waals surface area contributed by atoms with Crippen molar-refractivity contribution in [3.63, 3.8) is 0 Å². The van der Waals surface area contributed by atoms with Crippen LogP contribution < -0.4 is 10.6 Å². The Balaban J connectivity index is 4.19. The highest BCUT2D eigenvalue weighted by Crippen LogP contribution is 1.89. The fourth-order valence-electron chi connectivity index (χ4n) is 1.69. The lowest BCUT2D eigenvalue weighted by molar-refractivity contribution is -0.127. The van der Waals surface area contributed by atoms with Crippen LogP contribution in [-0.4, -0.2) is 101 Å². The van der Waals surface area contributed by atoms with Crippen LogP contribution in [-0.2, 0) is 9.53 Å². The number of aliphatic imine (C=N–C) groups is 1. The first-order chi connectivity index (χ1) is 11.0. The number of carbonyl (C=O) groups is 1. The van der Waals surface area contributed by atoms with Crippen LogP contribution in [0.5, 0.6) is 0 Å². The first kappa shape index (κ1) is 22.0. The van der Waals surface area contributed by atoms with E-state index in [1.807, 2.05) is 0 Å². The van der Waals surface area contributed by atoms with E-state index in [-0.39, 0.29) is 12.5 Å². The van der Waals surface area contributed by atoms with E-state index < -0.39 is 0 Å². The van der Waals surface area contributed by atoms with Crippen LogP contribution in [0.25, 0.3) is 0 Å². The van der Waals surface area contributed by atoms with E-state index in [9.17, 15) is 4.79 Å². The number of methoxy groups -OCH3 is 1. The van der Waals surface area contributed by atoms with Gasteiger partial charge in [0.1, 0.15) is 6.54 Å². The summed E-state index contributed by atoms with van der Waals surface area (Å²) in [5.74, 6) is 1.69. The summed E-state index contributed by atoms with van der Waals surface area (Å²) in [6, 6.07) is 0. The summed E-state index contributed by atoms with van der Waals surface area (Å²) in [5.41, 5.74) is 0. The zero-order chi connectivity index (χ0) is 17.5. The van der Waals surface area contributed by atoms with E-state index >= 15 is 0 Å². The van der Waals surface area contributed by atoms with Gasteiger partial charge in [0.2, 0.25) is 5.91 Å². The molecular formula is C15H33N5O2S. The van der Waals surface area contributed by atoms with E-state index in [0.29, 0.717) is 5.96 Å². The van der Waals surface area contributed by atoms with Crippen molar-refractivity contribution in [3.8, 4) is 0 Å². The molecule has 0 rings (SSSR count). The van der Waals surface area contributed by atoms with Gasteiger partial charge < -0.3 is 25.2 Å². The zero-order valence-electron chi connectivity index (χ0n) is 15.2. The molecule has 0 aliphatic heterocycles. The molecule has 0 atom stereocenters. The number of amides is 1. The lowest BCUT2D eigenvalue weighted by atomic mass is 10.4. The Morgan fingerprint density at radius 2 is 1.87 bits per heavy atom. The van der Waals surface area contributed by atoms with Crippen LogP contribution in [0.3, 0.4) is 0 Å². The van der Waals surface area contributed by atoms with Crippen LogP contribution in [0.15, 0.2) is 4.99 Å². The van der Waals surface area contributed by atoms with Gasteiger partial charge in [-0.05, 0) is 19.7 Å². The highest BCUT2D eigenvalue weighted by atomic mass is 32.2. The summed E-state index contributed by atoms with van der Waals surface area (Å²) < 4.78 is 5.05. The molecule has 0 radical (unpaired) electrons. The predicted molar refractivity (Wildman–Crippen MR) is 99.4 cm³/mol. The second-order valence-corrected chi connectivity index (χ2v) is 6.43. The molecule has 0 aromatic carbocycles. The van der Waals surface area contributed by atoms with Gasteiger partial charge in [-0.3, -0.25) is 4.79 Å². The molecule has 0 aromatic heterocycles. The van der Waals surface area contributed by atoms with Gasteiger partial charge in [-0.15, -0.1) is 0 Å². The van der Waals surface area contributed by atoms with E-state index in [4.69, 9.17) is 4.74 Å². The number of guanidine groups is 1. The average Bonchev–Trinajstić information content (AvgIpc) is 2.52. The summed E-state index contributed by atoms with van der Waals surface area (Å²) in [7, 11) is 7.28. The fraction of sp³-hybridized carbons (Fsp3) is 0.867. The van der Waals surface area contributed by atoms with Crippen LogP contribution in [0.1, 0.15) is 6.42 Å². The summed E-state index contributed by atoms with van der Waals surface area (Å²) in [4.78, 5) is 19.8. The van der Waals surface area contributed by atoms with Crippen molar-refractivity contribution in [1.29, 1.82) is 0 Å². The first-order valence-corrected chi connectivity index (χ1v) is 9.29. The third-order valence-electron chi connectivity index (χ3n) is 3.14. The van der Waals surface area contributed by atoms with Gasteiger partial charge in [0.15, 0.2) is 5.96 Å². The molecule has 2 N–H and O–H groups in total. The summed E-state index contributed by atoms with van der Waals surface area (Å²) >= 11 is 1.77. The van der Waals surface area contributed by atoms with Crippen LogP contribution in [0.2, 0.25) is 0 Å². The molecule has 0 fully saturated rings. The molecule has 0 aromatic rings. The standard InChI is InChI=1S/C15H33N5O2S/c1-19(2)14(21)13-18-15(17-8-12-23-5)16-7-10-20(3)9-6-11-22-4/h6-13H2,1-5H3,(H2,16,17,18). The lowest BCUT2D eigenvalue weighted by Crippen LogP contribution is -2.42. The number of likely N-dealkylation sites (N-methyl/N-ethyl adjacent to an activating group) is 2. The van der Waals surface area contributed by atoms with E-state index in [1.54, 1.807) is 37.9 Å². The maximum absolute atomic E-state index is 11.6. The largest absolute Gasteiger partial charge is 0.385 e. The first-order valence-electron chi connectivity index (χ1n) is 7.90.